The Kier molecular flexibility index (Phi) is 13.2. The number of rotatable bonds is 9. The highest BCUT2D eigenvalue weighted by molar-refractivity contribution is 5.88. The van der Waals surface area contributed by atoms with Gasteiger partial charge < -0.3 is 28.4 Å². The van der Waals surface area contributed by atoms with Gasteiger partial charge in [-0.1, -0.05) is 68.2 Å². The van der Waals surface area contributed by atoms with Crippen LogP contribution >= 0.6 is 0 Å². The van der Waals surface area contributed by atoms with Crippen LogP contribution in [0.2, 0.25) is 0 Å². The molecule has 0 spiro atoms. The van der Waals surface area contributed by atoms with Gasteiger partial charge in [-0.2, -0.15) is 0 Å². The number of methoxy groups -OCH3 is 4. The summed E-state index contributed by atoms with van der Waals surface area (Å²) in [5, 5.41) is 0. The molecule has 7 aliphatic rings. The quantitative estimate of drug-likeness (QED) is 0.214. The molecule has 0 aromatic heterocycles. The van der Waals surface area contributed by atoms with E-state index in [0.29, 0.717) is 54.7 Å². The van der Waals surface area contributed by atoms with Crippen molar-refractivity contribution < 1.29 is 38.0 Å². The normalized spacial score (nSPS) is 49.9. The third-order valence-electron chi connectivity index (χ3n) is 19.1. The molecule has 4 bridgehead atoms. The zero-order valence-corrected chi connectivity index (χ0v) is 37.0. The molecule has 7 fully saturated rings. The molecular formula is C47H80O8. The first-order valence-electron chi connectivity index (χ1n) is 22.4. The van der Waals surface area contributed by atoms with Gasteiger partial charge in [0.15, 0.2) is 0 Å². The Hall–Kier alpha value is -0.900. The maximum absolute atomic E-state index is 14.3. The van der Waals surface area contributed by atoms with Crippen LogP contribution in [-0.4, -0.2) is 78.0 Å². The molecule has 0 aromatic rings. The number of ether oxygens (including phenoxy) is 6. The maximum Gasteiger partial charge on any atom is 0.146 e. The van der Waals surface area contributed by atoms with Gasteiger partial charge in [-0.05, 0) is 117 Å². The fourth-order valence-corrected chi connectivity index (χ4v) is 15.5. The van der Waals surface area contributed by atoms with Crippen LogP contribution < -0.4 is 0 Å². The van der Waals surface area contributed by atoms with Crippen molar-refractivity contribution in [3.8, 4) is 0 Å². The molecule has 16 atom stereocenters. The molecule has 316 valence electrons. The second kappa shape index (κ2) is 16.6. The van der Waals surface area contributed by atoms with E-state index in [-0.39, 0.29) is 69.2 Å². The lowest BCUT2D eigenvalue weighted by molar-refractivity contribution is -0.222. The Labute approximate surface area is 334 Å². The van der Waals surface area contributed by atoms with Crippen molar-refractivity contribution >= 4 is 11.6 Å². The molecule has 7 aliphatic carbocycles. The lowest BCUT2D eigenvalue weighted by Gasteiger charge is -2.62. The molecule has 0 heterocycles. The average Bonchev–Trinajstić information content (AvgIpc) is 3.96. The number of ketones is 2. The first kappa shape index (κ1) is 43.7. The molecule has 0 radical (unpaired) electrons. The van der Waals surface area contributed by atoms with Crippen LogP contribution in [0.15, 0.2) is 0 Å². The molecule has 0 amide bonds. The lowest BCUT2D eigenvalue weighted by Crippen LogP contribution is -2.63. The first-order valence-corrected chi connectivity index (χ1v) is 22.4. The van der Waals surface area contributed by atoms with E-state index in [1.54, 1.807) is 14.2 Å². The Balaban J connectivity index is 0.000000190. The minimum Gasteiger partial charge on any atom is -0.381 e. The monoisotopic (exact) mass is 773 g/mol. The molecule has 8 nitrogen and oxygen atoms in total. The van der Waals surface area contributed by atoms with Crippen LogP contribution in [0.25, 0.3) is 0 Å². The second-order valence-electron chi connectivity index (χ2n) is 20.7. The largest absolute Gasteiger partial charge is 0.381 e. The van der Waals surface area contributed by atoms with Crippen molar-refractivity contribution in [1.29, 1.82) is 0 Å². The van der Waals surface area contributed by atoms with Crippen LogP contribution in [0.3, 0.4) is 0 Å². The summed E-state index contributed by atoms with van der Waals surface area (Å²) in [6.45, 7) is 19.1. The molecule has 8 heteroatoms. The minimum atomic E-state index is -0.296. The van der Waals surface area contributed by atoms with E-state index in [9.17, 15) is 9.59 Å². The average molecular weight is 773 g/mol. The summed E-state index contributed by atoms with van der Waals surface area (Å²) >= 11 is 0. The molecule has 0 saturated heterocycles. The smallest absolute Gasteiger partial charge is 0.146 e. The molecule has 0 aromatic carbocycles. The fraction of sp³-hybridized carbons (Fsp3) is 0.957. The van der Waals surface area contributed by atoms with Crippen molar-refractivity contribution in [2.75, 3.05) is 42.0 Å². The maximum atomic E-state index is 14.3. The van der Waals surface area contributed by atoms with Crippen molar-refractivity contribution in [2.24, 2.45) is 74.4 Å². The van der Waals surface area contributed by atoms with Gasteiger partial charge in [0.05, 0.1) is 24.4 Å². The Morgan fingerprint density at radius 2 is 1.05 bits per heavy atom. The topological polar surface area (TPSA) is 89.5 Å². The molecule has 0 N–H and O–H groups in total. The summed E-state index contributed by atoms with van der Waals surface area (Å²) in [6.07, 6.45) is 16.0. The fourth-order valence-electron chi connectivity index (χ4n) is 15.5. The Morgan fingerprint density at radius 1 is 0.600 bits per heavy atom. The highest BCUT2D eigenvalue weighted by Crippen LogP contribution is 2.70. The van der Waals surface area contributed by atoms with E-state index in [0.717, 1.165) is 51.4 Å². The number of hydrogen-bond donors (Lipinski definition) is 0. The van der Waals surface area contributed by atoms with Gasteiger partial charge >= 0.3 is 0 Å². The first-order chi connectivity index (χ1) is 26.1. The Bertz CT molecular complexity index is 1350. The summed E-state index contributed by atoms with van der Waals surface area (Å²) in [6, 6.07) is 0. The summed E-state index contributed by atoms with van der Waals surface area (Å²) in [7, 11) is 7.08. The highest BCUT2D eigenvalue weighted by Gasteiger charge is 2.69. The minimum absolute atomic E-state index is 0.0111. The Morgan fingerprint density at radius 3 is 1.55 bits per heavy atom. The standard InChI is InChI=1S/C26H44O4.C21H36O4/c1-17-11-13-26-14-12-20(29-6)22(26)25(17,4)21(30-16-28-5)15-24(3,23(27)18(26)2)19-9-7-8-10-19;1-13-11-17(25-12-23-5)20(4)14(2)7-9-21(15(3)18(13)22)10-8-16(24-6)19(20)21/h17-22H,7-16H2,1-6H3;13-17,19H,7-12H2,1-6H3/t17-,18+,20-,21-,22?,24+,25+,26?;13-,14+,15-,16+,17+,19?,20-,21?/m10/s1. The van der Waals surface area contributed by atoms with Crippen molar-refractivity contribution in [3.05, 3.63) is 0 Å². The summed E-state index contributed by atoms with van der Waals surface area (Å²) in [5.41, 5.74) is -0.175. The molecule has 4 unspecified atom stereocenters. The third kappa shape index (κ3) is 6.77. The van der Waals surface area contributed by atoms with Crippen LogP contribution in [0.5, 0.6) is 0 Å². The zero-order valence-electron chi connectivity index (χ0n) is 37.0. The summed E-state index contributed by atoms with van der Waals surface area (Å²) in [4.78, 5) is 27.5. The second-order valence-corrected chi connectivity index (χ2v) is 20.7. The predicted octanol–water partition coefficient (Wildman–Crippen LogP) is 9.70. The highest BCUT2D eigenvalue weighted by atomic mass is 16.7. The number of carbonyl (C=O) groups excluding carboxylic acids is 2. The summed E-state index contributed by atoms with van der Waals surface area (Å²) < 4.78 is 35.5. The number of hydrogen-bond acceptors (Lipinski definition) is 8. The molecular weight excluding hydrogens is 693 g/mol. The van der Waals surface area contributed by atoms with Crippen molar-refractivity contribution in [2.45, 2.75) is 170 Å². The molecule has 7 saturated carbocycles. The molecule has 55 heavy (non-hydrogen) atoms. The van der Waals surface area contributed by atoms with Gasteiger partial charge in [-0.3, -0.25) is 9.59 Å². The third-order valence-corrected chi connectivity index (χ3v) is 19.1. The van der Waals surface area contributed by atoms with Gasteiger partial charge in [-0.15, -0.1) is 0 Å². The van der Waals surface area contributed by atoms with Gasteiger partial charge in [0.25, 0.3) is 0 Å². The van der Waals surface area contributed by atoms with E-state index in [2.05, 4.69) is 55.4 Å². The van der Waals surface area contributed by atoms with E-state index in [1.807, 2.05) is 14.2 Å². The zero-order chi connectivity index (χ0) is 40.1. The summed E-state index contributed by atoms with van der Waals surface area (Å²) in [5.74, 6) is 3.52. The SMILES string of the molecule is COCO[C@@H]1C[C@@](C)(C2CCCC2)C(=O)[C@H](C)C23CC[C@@H](C)[C@]1(C)C2[C@H](OC)CC3.COCO[C@@H]1C[C@H](C)C(=O)[C@H](C)C23CC[C@@H](C)[C@]1(C)C2[C@H](OC)CC3. The van der Waals surface area contributed by atoms with E-state index in [1.165, 1.54) is 38.5 Å². The number of Topliss-reactive ketones (excluding diaryl/α,β-unsaturated/α-hetero) is 2. The van der Waals surface area contributed by atoms with Gasteiger partial charge in [0.1, 0.15) is 25.2 Å². The van der Waals surface area contributed by atoms with Crippen molar-refractivity contribution in [1.82, 2.24) is 0 Å². The number of carbonyl (C=O) groups is 2. The van der Waals surface area contributed by atoms with Gasteiger partial charge in [0.2, 0.25) is 0 Å². The van der Waals surface area contributed by atoms with Crippen LogP contribution in [0.1, 0.15) is 145 Å². The van der Waals surface area contributed by atoms with Crippen LogP contribution in [-0.2, 0) is 38.0 Å². The molecule has 7 rings (SSSR count). The van der Waals surface area contributed by atoms with Crippen molar-refractivity contribution in [3.63, 3.8) is 0 Å². The van der Waals surface area contributed by atoms with Gasteiger partial charge in [0, 0.05) is 62.4 Å². The lowest BCUT2D eigenvalue weighted by atomic mass is 9.43. The predicted molar refractivity (Wildman–Crippen MR) is 215 cm³/mol. The van der Waals surface area contributed by atoms with E-state index < -0.39 is 0 Å². The van der Waals surface area contributed by atoms with Gasteiger partial charge in [-0.25, -0.2) is 0 Å². The van der Waals surface area contributed by atoms with Crippen LogP contribution in [0, 0.1) is 74.4 Å². The van der Waals surface area contributed by atoms with E-state index >= 15 is 0 Å². The van der Waals surface area contributed by atoms with E-state index in [4.69, 9.17) is 28.4 Å². The van der Waals surface area contributed by atoms with Crippen LogP contribution in [0.4, 0.5) is 0 Å². The molecule has 0 aliphatic heterocycles.